The van der Waals surface area contributed by atoms with Gasteiger partial charge in [-0.3, -0.25) is 4.79 Å². The van der Waals surface area contributed by atoms with Gasteiger partial charge in [0.2, 0.25) is 5.91 Å². The summed E-state index contributed by atoms with van der Waals surface area (Å²) in [6.07, 6.45) is 5.49. The summed E-state index contributed by atoms with van der Waals surface area (Å²) in [4.78, 5) is 15.3. The van der Waals surface area contributed by atoms with Crippen molar-refractivity contribution < 1.29 is 9.53 Å². The van der Waals surface area contributed by atoms with Gasteiger partial charge in [0.15, 0.2) is 0 Å². The molecule has 0 aliphatic carbocycles. The third-order valence-electron chi connectivity index (χ3n) is 5.05. The van der Waals surface area contributed by atoms with Crippen LogP contribution in [0.15, 0.2) is 0 Å². The molecule has 2 fully saturated rings. The number of nitrogens with zero attached hydrogens (tertiary/aromatic N) is 1. The fourth-order valence-electron chi connectivity index (χ4n) is 4.05. The molecule has 1 N–H and O–H groups in total. The third kappa shape index (κ3) is 4.19. The van der Waals surface area contributed by atoms with E-state index in [1.165, 1.54) is 12.8 Å². The van der Waals surface area contributed by atoms with Crippen molar-refractivity contribution >= 4 is 5.91 Å². The zero-order valence-corrected chi connectivity index (χ0v) is 14.0. The SMILES string of the molecule is COCC1(C(=O)N2CCCC(CC(C)C)C2)CCNCC1. The van der Waals surface area contributed by atoms with Gasteiger partial charge >= 0.3 is 0 Å². The average molecular weight is 296 g/mol. The van der Waals surface area contributed by atoms with E-state index in [2.05, 4.69) is 24.1 Å². The molecule has 21 heavy (non-hydrogen) atoms. The van der Waals surface area contributed by atoms with Crippen molar-refractivity contribution in [1.82, 2.24) is 10.2 Å². The van der Waals surface area contributed by atoms with E-state index in [1.54, 1.807) is 7.11 Å². The number of hydrogen-bond acceptors (Lipinski definition) is 3. The van der Waals surface area contributed by atoms with Crippen LogP contribution in [-0.2, 0) is 9.53 Å². The topological polar surface area (TPSA) is 41.6 Å². The predicted octanol–water partition coefficient (Wildman–Crippen LogP) is 2.29. The Morgan fingerprint density at radius 3 is 2.71 bits per heavy atom. The van der Waals surface area contributed by atoms with Gasteiger partial charge in [-0.05, 0) is 57.0 Å². The first-order valence-corrected chi connectivity index (χ1v) is 8.56. The number of nitrogens with one attached hydrogen (secondary N) is 1. The Bertz CT molecular complexity index is 332. The van der Waals surface area contributed by atoms with Crippen molar-refractivity contribution in [2.75, 3.05) is 39.9 Å². The van der Waals surface area contributed by atoms with Crippen LogP contribution in [0.4, 0.5) is 0 Å². The van der Waals surface area contributed by atoms with Crippen LogP contribution in [0.1, 0.15) is 46.0 Å². The zero-order valence-electron chi connectivity index (χ0n) is 14.0. The van der Waals surface area contributed by atoms with Gasteiger partial charge in [-0.25, -0.2) is 0 Å². The minimum atomic E-state index is -0.278. The van der Waals surface area contributed by atoms with E-state index >= 15 is 0 Å². The lowest BCUT2D eigenvalue weighted by Crippen LogP contribution is -2.53. The Morgan fingerprint density at radius 1 is 1.38 bits per heavy atom. The molecule has 1 unspecified atom stereocenters. The molecule has 4 nitrogen and oxygen atoms in total. The highest BCUT2D eigenvalue weighted by atomic mass is 16.5. The van der Waals surface area contributed by atoms with Crippen LogP contribution in [0.5, 0.6) is 0 Å². The molecule has 1 atom stereocenters. The normalized spacial score (nSPS) is 26.1. The second-order valence-electron chi connectivity index (χ2n) is 7.35. The highest BCUT2D eigenvalue weighted by Crippen LogP contribution is 2.34. The first-order chi connectivity index (χ1) is 10.1. The van der Waals surface area contributed by atoms with Gasteiger partial charge in [-0.2, -0.15) is 0 Å². The monoisotopic (exact) mass is 296 g/mol. The van der Waals surface area contributed by atoms with E-state index in [1.807, 2.05) is 0 Å². The molecule has 4 heteroatoms. The van der Waals surface area contributed by atoms with Crippen molar-refractivity contribution in [3.05, 3.63) is 0 Å². The molecular formula is C17H32N2O2. The standard InChI is InChI=1S/C17H32N2O2/c1-14(2)11-15-5-4-10-19(12-15)16(20)17(13-21-3)6-8-18-9-7-17/h14-15,18H,4-13H2,1-3H3. The van der Waals surface area contributed by atoms with Crippen molar-refractivity contribution in [2.24, 2.45) is 17.3 Å². The van der Waals surface area contributed by atoms with Gasteiger partial charge in [-0.15, -0.1) is 0 Å². The van der Waals surface area contributed by atoms with Gasteiger partial charge in [0.1, 0.15) is 0 Å². The molecule has 2 heterocycles. The number of methoxy groups -OCH3 is 1. The van der Waals surface area contributed by atoms with Crippen LogP contribution in [0.3, 0.4) is 0 Å². The number of ether oxygens (including phenoxy) is 1. The van der Waals surface area contributed by atoms with E-state index in [9.17, 15) is 4.79 Å². The van der Waals surface area contributed by atoms with E-state index in [0.29, 0.717) is 18.4 Å². The molecule has 1 amide bonds. The van der Waals surface area contributed by atoms with Gasteiger partial charge < -0.3 is 15.0 Å². The van der Waals surface area contributed by atoms with Gasteiger partial charge in [0, 0.05) is 20.2 Å². The van der Waals surface area contributed by atoms with Crippen molar-refractivity contribution in [1.29, 1.82) is 0 Å². The third-order valence-corrected chi connectivity index (χ3v) is 5.05. The van der Waals surface area contributed by atoms with Crippen molar-refractivity contribution in [3.63, 3.8) is 0 Å². The molecule has 0 aromatic carbocycles. The molecule has 0 spiro atoms. The largest absolute Gasteiger partial charge is 0.384 e. The molecule has 122 valence electrons. The number of piperidine rings is 2. The fraction of sp³-hybridized carbons (Fsp3) is 0.941. The maximum absolute atomic E-state index is 13.1. The number of likely N-dealkylation sites (tertiary alicyclic amines) is 1. The van der Waals surface area contributed by atoms with E-state index in [4.69, 9.17) is 4.74 Å². The summed E-state index contributed by atoms with van der Waals surface area (Å²) >= 11 is 0. The van der Waals surface area contributed by atoms with Gasteiger partial charge in [0.25, 0.3) is 0 Å². The lowest BCUT2D eigenvalue weighted by Gasteiger charge is -2.42. The molecular weight excluding hydrogens is 264 g/mol. The average Bonchev–Trinajstić information content (AvgIpc) is 2.47. The second-order valence-corrected chi connectivity index (χ2v) is 7.35. The minimum Gasteiger partial charge on any atom is -0.384 e. The van der Waals surface area contributed by atoms with Crippen molar-refractivity contribution in [3.8, 4) is 0 Å². The number of hydrogen-bond donors (Lipinski definition) is 1. The Labute approximate surface area is 129 Å². The Hall–Kier alpha value is -0.610. The Morgan fingerprint density at radius 2 is 2.10 bits per heavy atom. The summed E-state index contributed by atoms with van der Waals surface area (Å²) < 4.78 is 5.41. The van der Waals surface area contributed by atoms with Crippen LogP contribution < -0.4 is 5.32 Å². The summed E-state index contributed by atoms with van der Waals surface area (Å²) in [5.74, 6) is 1.75. The Balaban J connectivity index is 2.02. The van der Waals surface area contributed by atoms with Crippen LogP contribution in [0.2, 0.25) is 0 Å². The predicted molar refractivity (Wildman–Crippen MR) is 85.2 cm³/mol. The smallest absolute Gasteiger partial charge is 0.231 e. The first-order valence-electron chi connectivity index (χ1n) is 8.56. The molecule has 2 rings (SSSR count). The number of carbonyl (C=O) groups excluding carboxylic acids is 1. The summed E-state index contributed by atoms with van der Waals surface area (Å²) in [6, 6.07) is 0. The van der Waals surface area contributed by atoms with Crippen LogP contribution in [-0.4, -0.2) is 50.7 Å². The van der Waals surface area contributed by atoms with Crippen LogP contribution >= 0.6 is 0 Å². The maximum Gasteiger partial charge on any atom is 0.231 e. The molecule has 0 aromatic heterocycles. The lowest BCUT2D eigenvalue weighted by atomic mass is 9.77. The highest BCUT2D eigenvalue weighted by molar-refractivity contribution is 5.83. The molecule has 0 radical (unpaired) electrons. The molecule has 2 saturated heterocycles. The fourth-order valence-corrected chi connectivity index (χ4v) is 4.05. The molecule has 2 aliphatic heterocycles. The lowest BCUT2D eigenvalue weighted by molar-refractivity contribution is -0.149. The zero-order chi connectivity index (χ0) is 15.3. The van der Waals surface area contributed by atoms with Gasteiger partial charge in [-0.1, -0.05) is 13.8 Å². The number of rotatable bonds is 5. The summed E-state index contributed by atoms with van der Waals surface area (Å²) in [6.45, 7) is 8.87. The van der Waals surface area contributed by atoms with Crippen LogP contribution in [0, 0.1) is 17.3 Å². The van der Waals surface area contributed by atoms with Crippen molar-refractivity contribution in [2.45, 2.75) is 46.0 Å². The number of carbonyl (C=O) groups is 1. The second kappa shape index (κ2) is 7.59. The van der Waals surface area contributed by atoms with E-state index in [-0.39, 0.29) is 5.41 Å². The molecule has 0 saturated carbocycles. The maximum atomic E-state index is 13.1. The van der Waals surface area contributed by atoms with E-state index in [0.717, 1.165) is 51.4 Å². The van der Waals surface area contributed by atoms with E-state index < -0.39 is 0 Å². The van der Waals surface area contributed by atoms with Crippen LogP contribution in [0.25, 0.3) is 0 Å². The highest BCUT2D eigenvalue weighted by Gasteiger charge is 2.43. The summed E-state index contributed by atoms with van der Waals surface area (Å²) in [7, 11) is 1.72. The van der Waals surface area contributed by atoms with Gasteiger partial charge in [0.05, 0.1) is 12.0 Å². The summed E-state index contributed by atoms with van der Waals surface area (Å²) in [5, 5.41) is 3.36. The first kappa shape index (κ1) is 16.8. The quantitative estimate of drug-likeness (QED) is 0.846. The number of amides is 1. The molecule has 2 aliphatic rings. The molecule has 0 aromatic rings. The minimum absolute atomic E-state index is 0.278. The summed E-state index contributed by atoms with van der Waals surface area (Å²) in [5.41, 5.74) is -0.278. The Kier molecular flexibility index (Phi) is 6.06. The molecule has 0 bridgehead atoms.